The van der Waals surface area contributed by atoms with Crippen LogP contribution in [0.3, 0.4) is 0 Å². The van der Waals surface area contributed by atoms with Crippen molar-refractivity contribution in [2.75, 3.05) is 5.43 Å². The number of phenolic OH excluding ortho intramolecular Hbond substituents is 1. The number of rotatable bonds is 2. The minimum atomic E-state index is 0.218. The van der Waals surface area contributed by atoms with Gasteiger partial charge in [0.05, 0.1) is 5.69 Å². The summed E-state index contributed by atoms with van der Waals surface area (Å²) >= 11 is 3.28. The molecule has 1 aromatic carbocycles. The van der Waals surface area contributed by atoms with Crippen molar-refractivity contribution in [3.05, 3.63) is 23.8 Å². The van der Waals surface area contributed by atoms with Gasteiger partial charge in [-0.1, -0.05) is 15.9 Å². The van der Waals surface area contributed by atoms with Crippen molar-refractivity contribution in [2.24, 2.45) is 5.84 Å². The number of alkyl halides is 1. The maximum Gasteiger partial charge on any atom is 0.117 e. The Labute approximate surface area is 73.3 Å². The molecule has 4 heteroatoms. The molecular formula is C7H9BrN2O. The molecule has 0 aromatic heterocycles. The Kier molecular flexibility index (Phi) is 2.73. The van der Waals surface area contributed by atoms with Gasteiger partial charge in [0.2, 0.25) is 0 Å². The molecule has 0 unspecified atom stereocenters. The van der Waals surface area contributed by atoms with E-state index in [1.54, 1.807) is 12.1 Å². The number of hydrogen-bond donors (Lipinski definition) is 3. The highest BCUT2D eigenvalue weighted by atomic mass is 79.9. The minimum absolute atomic E-state index is 0.218. The zero-order valence-corrected chi connectivity index (χ0v) is 7.43. The molecule has 0 amide bonds. The second kappa shape index (κ2) is 3.59. The fourth-order valence-corrected chi connectivity index (χ4v) is 1.16. The quantitative estimate of drug-likeness (QED) is 0.400. The van der Waals surface area contributed by atoms with Crippen LogP contribution in [0.5, 0.6) is 5.75 Å². The molecular weight excluding hydrogens is 208 g/mol. The molecule has 0 spiro atoms. The summed E-state index contributed by atoms with van der Waals surface area (Å²) in [4.78, 5) is 0. The first-order valence-electron chi connectivity index (χ1n) is 3.12. The van der Waals surface area contributed by atoms with E-state index in [2.05, 4.69) is 21.4 Å². The molecule has 0 aliphatic heterocycles. The fraction of sp³-hybridized carbons (Fsp3) is 0.143. The number of benzene rings is 1. The molecule has 11 heavy (non-hydrogen) atoms. The van der Waals surface area contributed by atoms with E-state index < -0.39 is 0 Å². The summed E-state index contributed by atoms with van der Waals surface area (Å²) in [6.45, 7) is 0. The molecule has 1 aromatic rings. The van der Waals surface area contributed by atoms with Gasteiger partial charge < -0.3 is 10.5 Å². The lowest BCUT2D eigenvalue weighted by molar-refractivity contribution is 0.475. The number of halogens is 1. The van der Waals surface area contributed by atoms with Crippen LogP contribution in [-0.2, 0) is 5.33 Å². The molecule has 4 N–H and O–H groups in total. The van der Waals surface area contributed by atoms with Gasteiger partial charge in [0.15, 0.2) is 0 Å². The highest BCUT2D eigenvalue weighted by Gasteiger charge is 1.96. The highest BCUT2D eigenvalue weighted by molar-refractivity contribution is 9.08. The number of nitrogens with two attached hydrogens (primary N) is 1. The summed E-state index contributed by atoms with van der Waals surface area (Å²) in [5.41, 5.74) is 4.15. The van der Waals surface area contributed by atoms with Crippen LogP contribution in [0.4, 0.5) is 5.69 Å². The Bertz CT molecular complexity index is 230. The Morgan fingerprint density at radius 3 is 2.73 bits per heavy atom. The Morgan fingerprint density at radius 1 is 1.45 bits per heavy atom. The summed E-state index contributed by atoms with van der Waals surface area (Å²) in [6.07, 6.45) is 0. The predicted octanol–water partition coefficient (Wildman–Crippen LogP) is 1.57. The smallest absolute Gasteiger partial charge is 0.117 e. The first-order valence-corrected chi connectivity index (χ1v) is 4.24. The van der Waals surface area contributed by atoms with Gasteiger partial charge in [-0.2, -0.15) is 0 Å². The van der Waals surface area contributed by atoms with Gasteiger partial charge in [0.25, 0.3) is 0 Å². The van der Waals surface area contributed by atoms with Crippen LogP contribution in [0.2, 0.25) is 0 Å². The summed E-state index contributed by atoms with van der Waals surface area (Å²) in [6, 6.07) is 5.09. The maximum absolute atomic E-state index is 9.14. The lowest BCUT2D eigenvalue weighted by atomic mass is 10.2. The van der Waals surface area contributed by atoms with Crippen molar-refractivity contribution in [1.82, 2.24) is 0 Å². The molecule has 0 aliphatic carbocycles. The van der Waals surface area contributed by atoms with Crippen molar-refractivity contribution >= 4 is 21.6 Å². The van der Waals surface area contributed by atoms with Crippen molar-refractivity contribution in [1.29, 1.82) is 0 Å². The average molecular weight is 217 g/mol. The maximum atomic E-state index is 9.14. The van der Waals surface area contributed by atoms with Gasteiger partial charge in [-0.05, 0) is 17.7 Å². The van der Waals surface area contributed by atoms with Crippen LogP contribution in [0.1, 0.15) is 5.56 Å². The van der Waals surface area contributed by atoms with Crippen LogP contribution < -0.4 is 11.3 Å². The van der Waals surface area contributed by atoms with E-state index in [1.165, 1.54) is 0 Å². The third-order valence-corrected chi connectivity index (χ3v) is 1.95. The standard InChI is InChI=1S/C7H9BrN2O/c8-4-5-1-6(10-9)3-7(11)2-5/h1-3,10-11H,4,9H2. The molecule has 1 rings (SSSR count). The number of nitrogen functional groups attached to an aromatic ring is 1. The van der Waals surface area contributed by atoms with Crippen molar-refractivity contribution < 1.29 is 5.11 Å². The molecule has 0 radical (unpaired) electrons. The third-order valence-electron chi connectivity index (χ3n) is 1.30. The van der Waals surface area contributed by atoms with Gasteiger partial charge in [0.1, 0.15) is 5.75 Å². The molecule has 3 nitrogen and oxygen atoms in total. The predicted molar refractivity (Wildman–Crippen MR) is 48.5 cm³/mol. The van der Waals surface area contributed by atoms with Crippen molar-refractivity contribution in [2.45, 2.75) is 5.33 Å². The minimum Gasteiger partial charge on any atom is -0.508 e. The molecule has 0 fully saturated rings. The summed E-state index contributed by atoms with van der Waals surface area (Å²) < 4.78 is 0. The van der Waals surface area contributed by atoms with Gasteiger partial charge in [0, 0.05) is 11.4 Å². The van der Waals surface area contributed by atoms with E-state index in [4.69, 9.17) is 10.9 Å². The van der Waals surface area contributed by atoms with E-state index in [-0.39, 0.29) is 5.75 Å². The topological polar surface area (TPSA) is 58.3 Å². The van der Waals surface area contributed by atoms with Gasteiger partial charge >= 0.3 is 0 Å². The molecule has 0 saturated carbocycles. The third kappa shape index (κ3) is 2.10. The van der Waals surface area contributed by atoms with E-state index in [0.29, 0.717) is 11.0 Å². The largest absolute Gasteiger partial charge is 0.508 e. The van der Waals surface area contributed by atoms with Crippen LogP contribution in [0, 0.1) is 0 Å². The van der Waals surface area contributed by atoms with Crippen LogP contribution in [-0.4, -0.2) is 5.11 Å². The zero-order valence-electron chi connectivity index (χ0n) is 5.84. The monoisotopic (exact) mass is 216 g/mol. The summed E-state index contributed by atoms with van der Waals surface area (Å²) in [5.74, 6) is 5.38. The Balaban J connectivity index is 3.02. The number of hydrazine groups is 1. The summed E-state index contributed by atoms with van der Waals surface area (Å²) in [5, 5.41) is 9.84. The number of phenols is 1. The molecule has 0 saturated heterocycles. The fourth-order valence-electron chi connectivity index (χ4n) is 0.834. The van der Waals surface area contributed by atoms with Crippen LogP contribution in [0.15, 0.2) is 18.2 Å². The number of anilines is 1. The summed E-state index contributed by atoms with van der Waals surface area (Å²) in [7, 11) is 0. The van der Waals surface area contributed by atoms with E-state index in [9.17, 15) is 0 Å². The van der Waals surface area contributed by atoms with Crippen molar-refractivity contribution in [3.8, 4) is 5.75 Å². The van der Waals surface area contributed by atoms with Gasteiger partial charge in [-0.3, -0.25) is 5.84 Å². The lowest BCUT2D eigenvalue weighted by Crippen LogP contribution is -2.06. The first-order chi connectivity index (χ1) is 5.26. The first kappa shape index (κ1) is 8.36. The van der Waals surface area contributed by atoms with Gasteiger partial charge in [-0.15, -0.1) is 0 Å². The van der Waals surface area contributed by atoms with E-state index >= 15 is 0 Å². The zero-order chi connectivity index (χ0) is 8.27. The van der Waals surface area contributed by atoms with E-state index in [1.807, 2.05) is 6.07 Å². The Morgan fingerprint density at radius 2 is 2.18 bits per heavy atom. The number of nitrogens with one attached hydrogen (secondary N) is 1. The second-order valence-corrected chi connectivity index (χ2v) is 2.73. The highest BCUT2D eigenvalue weighted by Crippen LogP contribution is 2.20. The van der Waals surface area contributed by atoms with Crippen LogP contribution >= 0.6 is 15.9 Å². The Hall–Kier alpha value is -0.740. The van der Waals surface area contributed by atoms with Crippen molar-refractivity contribution in [3.63, 3.8) is 0 Å². The SMILES string of the molecule is NNc1cc(O)cc(CBr)c1. The van der Waals surface area contributed by atoms with Crippen LogP contribution in [0.25, 0.3) is 0 Å². The van der Waals surface area contributed by atoms with E-state index in [0.717, 1.165) is 5.56 Å². The number of aromatic hydroxyl groups is 1. The molecule has 0 aliphatic rings. The normalized spacial score (nSPS) is 9.64. The molecule has 60 valence electrons. The second-order valence-electron chi connectivity index (χ2n) is 2.17. The van der Waals surface area contributed by atoms with Gasteiger partial charge in [-0.25, -0.2) is 0 Å². The number of hydrogen-bond acceptors (Lipinski definition) is 3. The molecule has 0 atom stereocenters. The molecule has 0 bridgehead atoms. The lowest BCUT2D eigenvalue weighted by Gasteiger charge is -2.02. The molecule has 0 heterocycles. The average Bonchev–Trinajstić information content (AvgIpc) is 2.03.